The van der Waals surface area contributed by atoms with Crippen LogP contribution in [0.5, 0.6) is 0 Å². The molecule has 0 saturated carbocycles. The highest BCUT2D eigenvalue weighted by Gasteiger charge is 2.17. The normalized spacial score (nSPS) is 11.5. The second-order valence-corrected chi connectivity index (χ2v) is 5.69. The van der Waals surface area contributed by atoms with Crippen molar-refractivity contribution < 1.29 is 14.7 Å². The number of hydrogen-bond acceptors (Lipinski definition) is 4. The van der Waals surface area contributed by atoms with Crippen LogP contribution in [0.2, 0.25) is 0 Å². The molecule has 3 N–H and O–H groups in total. The number of anilines is 1. The third-order valence-corrected chi connectivity index (χ3v) is 2.87. The molecule has 0 saturated heterocycles. The average Bonchev–Trinajstić information content (AvgIpc) is 2.45. The Morgan fingerprint density at radius 1 is 1.32 bits per heavy atom. The maximum absolute atomic E-state index is 11.7. The summed E-state index contributed by atoms with van der Waals surface area (Å²) in [5.41, 5.74) is 1.53. The molecular formula is C16H19N3O3. The lowest BCUT2D eigenvalue weighted by molar-refractivity contribution is -0.137. The Morgan fingerprint density at radius 3 is 2.50 bits per heavy atom. The molecule has 0 aliphatic carbocycles. The van der Waals surface area contributed by atoms with Crippen LogP contribution in [0.15, 0.2) is 36.0 Å². The fraction of sp³-hybridized carbons (Fsp3) is 0.312. The van der Waals surface area contributed by atoms with Crippen molar-refractivity contribution >= 4 is 17.6 Å². The van der Waals surface area contributed by atoms with Gasteiger partial charge in [-0.15, -0.1) is 0 Å². The van der Waals surface area contributed by atoms with Crippen LogP contribution in [-0.4, -0.2) is 23.5 Å². The molecule has 0 aliphatic heterocycles. The molecule has 0 aromatic heterocycles. The zero-order valence-electron chi connectivity index (χ0n) is 12.8. The third kappa shape index (κ3) is 4.94. The van der Waals surface area contributed by atoms with E-state index in [9.17, 15) is 9.59 Å². The molecule has 0 spiro atoms. The predicted molar refractivity (Wildman–Crippen MR) is 83.1 cm³/mol. The topological polar surface area (TPSA) is 102 Å². The van der Waals surface area contributed by atoms with Gasteiger partial charge in [0.25, 0.3) is 5.91 Å². The van der Waals surface area contributed by atoms with Crippen LogP contribution in [0.1, 0.15) is 26.3 Å². The molecule has 1 rings (SSSR count). The average molecular weight is 301 g/mol. The molecule has 6 heteroatoms. The van der Waals surface area contributed by atoms with Gasteiger partial charge in [-0.1, -0.05) is 39.0 Å². The predicted octanol–water partition coefficient (Wildman–Crippen LogP) is 2.00. The van der Waals surface area contributed by atoms with Gasteiger partial charge in [0.2, 0.25) is 0 Å². The highest BCUT2D eigenvalue weighted by molar-refractivity contribution is 5.98. The second kappa shape index (κ2) is 7.27. The number of aliphatic carboxylic acids is 1. The van der Waals surface area contributed by atoms with E-state index in [0.29, 0.717) is 0 Å². The first-order valence-electron chi connectivity index (χ1n) is 6.72. The fourth-order valence-corrected chi connectivity index (χ4v) is 1.81. The number of carboxylic acid groups (broad SMARTS) is 1. The van der Waals surface area contributed by atoms with Gasteiger partial charge in [-0.3, -0.25) is 9.59 Å². The zero-order valence-corrected chi connectivity index (χ0v) is 12.8. The molecule has 0 bridgehead atoms. The molecular weight excluding hydrogens is 282 g/mol. The molecule has 0 heterocycles. The minimum atomic E-state index is -1.17. The minimum Gasteiger partial charge on any atom is -0.480 e. The van der Waals surface area contributed by atoms with Gasteiger partial charge in [0, 0.05) is 11.9 Å². The maximum Gasteiger partial charge on any atom is 0.322 e. The van der Waals surface area contributed by atoms with Crippen LogP contribution in [-0.2, 0) is 15.0 Å². The number of nitrogens with zero attached hydrogens (tertiary/aromatic N) is 1. The van der Waals surface area contributed by atoms with Crippen molar-refractivity contribution in [1.82, 2.24) is 5.32 Å². The highest BCUT2D eigenvalue weighted by atomic mass is 16.4. The first kappa shape index (κ1) is 17.2. The Kier molecular flexibility index (Phi) is 5.70. The number of amides is 1. The molecule has 116 valence electrons. The van der Waals surface area contributed by atoms with E-state index < -0.39 is 18.4 Å². The van der Waals surface area contributed by atoms with E-state index in [1.165, 1.54) is 6.20 Å². The van der Waals surface area contributed by atoms with E-state index in [0.717, 1.165) is 11.3 Å². The van der Waals surface area contributed by atoms with Gasteiger partial charge in [0.05, 0.1) is 0 Å². The Labute approximate surface area is 129 Å². The molecule has 22 heavy (non-hydrogen) atoms. The van der Waals surface area contributed by atoms with Crippen molar-refractivity contribution in [2.45, 2.75) is 26.2 Å². The first-order valence-corrected chi connectivity index (χ1v) is 6.72. The molecule has 0 radical (unpaired) electrons. The van der Waals surface area contributed by atoms with Gasteiger partial charge in [-0.25, -0.2) is 0 Å². The van der Waals surface area contributed by atoms with Crippen molar-refractivity contribution in [3.05, 3.63) is 41.6 Å². The van der Waals surface area contributed by atoms with Gasteiger partial charge >= 0.3 is 5.97 Å². The molecule has 1 aromatic carbocycles. The number of carbonyl (C=O) groups excluding carboxylic acids is 1. The van der Waals surface area contributed by atoms with Crippen molar-refractivity contribution in [2.24, 2.45) is 0 Å². The Bertz CT molecular complexity index is 637. The smallest absolute Gasteiger partial charge is 0.322 e. The van der Waals surface area contributed by atoms with Crippen LogP contribution in [0, 0.1) is 11.3 Å². The summed E-state index contributed by atoms with van der Waals surface area (Å²) < 4.78 is 0. The van der Waals surface area contributed by atoms with Crippen molar-refractivity contribution in [2.75, 3.05) is 11.9 Å². The molecule has 0 fully saturated rings. The summed E-state index contributed by atoms with van der Waals surface area (Å²) in [4.78, 5) is 22.1. The van der Waals surface area contributed by atoms with Crippen LogP contribution in [0.4, 0.5) is 5.69 Å². The van der Waals surface area contributed by atoms with Crippen LogP contribution in [0.25, 0.3) is 0 Å². The summed E-state index contributed by atoms with van der Waals surface area (Å²) in [6, 6.07) is 9.33. The summed E-state index contributed by atoms with van der Waals surface area (Å²) in [5, 5.41) is 22.6. The van der Waals surface area contributed by atoms with Crippen LogP contribution < -0.4 is 10.6 Å². The van der Waals surface area contributed by atoms with Gasteiger partial charge in [-0.05, 0) is 17.0 Å². The van der Waals surface area contributed by atoms with Crippen molar-refractivity contribution in [3.8, 4) is 6.07 Å². The zero-order chi connectivity index (χ0) is 16.8. The number of rotatable bonds is 5. The van der Waals surface area contributed by atoms with Gasteiger partial charge in [0.15, 0.2) is 0 Å². The lowest BCUT2D eigenvalue weighted by atomic mass is 9.86. The number of nitrogens with one attached hydrogen (secondary N) is 2. The monoisotopic (exact) mass is 301 g/mol. The van der Waals surface area contributed by atoms with Crippen molar-refractivity contribution in [1.29, 1.82) is 5.26 Å². The maximum atomic E-state index is 11.7. The number of nitriles is 1. The molecule has 6 nitrogen and oxygen atoms in total. The minimum absolute atomic E-state index is 0.101. The number of hydrogen-bond donors (Lipinski definition) is 3. The summed E-state index contributed by atoms with van der Waals surface area (Å²) >= 11 is 0. The van der Waals surface area contributed by atoms with Crippen molar-refractivity contribution in [3.63, 3.8) is 0 Å². The molecule has 1 aromatic rings. The molecule has 0 unspecified atom stereocenters. The Morgan fingerprint density at radius 2 is 1.95 bits per heavy atom. The summed E-state index contributed by atoms with van der Waals surface area (Å²) in [6.45, 7) is 5.64. The van der Waals surface area contributed by atoms with E-state index in [-0.39, 0.29) is 11.0 Å². The lowest BCUT2D eigenvalue weighted by Crippen LogP contribution is -2.30. The standard InChI is InChI=1S/C16H19N3O3/c1-16(2,3)12-6-4-5-7-13(12)18-9-11(8-17)15(22)19-10-14(20)21/h4-7,9,18H,10H2,1-3H3,(H,19,22)(H,20,21)/b11-9-. The molecule has 0 aliphatic rings. The van der Waals surface area contributed by atoms with Gasteiger partial charge < -0.3 is 15.7 Å². The van der Waals surface area contributed by atoms with Gasteiger partial charge in [-0.2, -0.15) is 5.26 Å². The number of carbonyl (C=O) groups is 2. The van der Waals surface area contributed by atoms with E-state index in [1.54, 1.807) is 6.07 Å². The number of benzene rings is 1. The summed E-state index contributed by atoms with van der Waals surface area (Å²) in [7, 11) is 0. The molecule has 1 amide bonds. The Hall–Kier alpha value is -2.81. The van der Waals surface area contributed by atoms with Crippen LogP contribution >= 0.6 is 0 Å². The third-order valence-electron chi connectivity index (χ3n) is 2.87. The SMILES string of the molecule is CC(C)(C)c1ccccc1N/C=C(/C#N)C(=O)NCC(=O)O. The number of para-hydroxylation sites is 1. The molecule has 0 atom stereocenters. The quantitative estimate of drug-likeness (QED) is 0.570. The van der Waals surface area contributed by atoms with Gasteiger partial charge in [0.1, 0.15) is 18.2 Å². The number of carboxylic acids is 1. The van der Waals surface area contributed by atoms with E-state index in [1.807, 2.05) is 24.3 Å². The lowest BCUT2D eigenvalue weighted by Gasteiger charge is -2.22. The van der Waals surface area contributed by atoms with E-state index in [4.69, 9.17) is 10.4 Å². The summed E-state index contributed by atoms with van der Waals surface area (Å²) in [6.07, 6.45) is 1.28. The first-order chi connectivity index (χ1) is 10.3. The fourth-order valence-electron chi connectivity index (χ4n) is 1.81. The largest absolute Gasteiger partial charge is 0.480 e. The highest BCUT2D eigenvalue weighted by Crippen LogP contribution is 2.29. The van der Waals surface area contributed by atoms with E-state index >= 15 is 0 Å². The second-order valence-electron chi connectivity index (χ2n) is 5.69. The summed E-state index contributed by atoms with van der Waals surface area (Å²) in [5.74, 6) is -1.90. The van der Waals surface area contributed by atoms with Crippen LogP contribution in [0.3, 0.4) is 0 Å². The van der Waals surface area contributed by atoms with E-state index in [2.05, 4.69) is 31.4 Å². The Balaban J connectivity index is 2.93.